The molecule has 1 fully saturated rings. The molecular weight excluding hydrogens is 367 g/mol. The Morgan fingerprint density at radius 1 is 1.07 bits per heavy atom. The zero-order valence-corrected chi connectivity index (χ0v) is 18.0. The number of piperazine rings is 1. The third-order valence-electron chi connectivity index (χ3n) is 5.70. The number of aliphatic hydroxyl groups excluding tert-OH is 1. The van der Waals surface area contributed by atoms with E-state index in [2.05, 4.69) is 35.6 Å². The van der Waals surface area contributed by atoms with E-state index >= 15 is 0 Å². The van der Waals surface area contributed by atoms with Crippen LogP contribution >= 0.6 is 0 Å². The largest absolute Gasteiger partial charge is 0.392 e. The first-order valence-electron chi connectivity index (χ1n) is 10.6. The van der Waals surface area contributed by atoms with E-state index < -0.39 is 0 Å². The summed E-state index contributed by atoms with van der Waals surface area (Å²) < 4.78 is 13.3. The van der Waals surface area contributed by atoms with Crippen molar-refractivity contribution in [3.63, 3.8) is 0 Å². The Bertz CT molecular complexity index is 801. The molecular formula is C23H33FN4O. The van der Waals surface area contributed by atoms with Crippen molar-refractivity contribution in [2.75, 3.05) is 37.6 Å². The Labute approximate surface area is 173 Å². The van der Waals surface area contributed by atoms with Crippen LogP contribution in [0.5, 0.6) is 0 Å². The van der Waals surface area contributed by atoms with E-state index in [0.717, 1.165) is 67.6 Å². The molecule has 0 saturated carbocycles. The van der Waals surface area contributed by atoms with Gasteiger partial charge in [0, 0.05) is 50.4 Å². The lowest BCUT2D eigenvalue weighted by Crippen LogP contribution is -2.49. The van der Waals surface area contributed by atoms with Gasteiger partial charge in [-0.3, -0.25) is 4.90 Å². The molecule has 2 aromatic rings. The molecule has 3 rings (SSSR count). The van der Waals surface area contributed by atoms with Crippen LogP contribution in [-0.2, 0) is 12.8 Å². The van der Waals surface area contributed by atoms with Crippen LogP contribution in [-0.4, -0.2) is 58.8 Å². The highest BCUT2D eigenvalue weighted by Crippen LogP contribution is 2.26. The molecule has 6 heteroatoms. The van der Waals surface area contributed by atoms with Gasteiger partial charge < -0.3 is 10.0 Å². The summed E-state index contributed by atoms with van der Waals surface area (Å²) in [5.74, 6) is 1.84. The summed E-state index contributed by atoms with van der Waals surface area (Å²) in [7, 11) is 0. The zero-order valence-electron chi connectivity index (χ0n) is 18.0. The van der Waals surface area contributed by atoms with Gasteiger partial charge in [-0.25, -0.2) is 14.4 Å². The number of hydrogen-bond acceptors (Lipinski definition) is 5. The molecule has 1 aliphatic rings. The molecule has 1 aromatic carbocycles. The molecule has 2 heterocycles. The maximum absolute atomic E-state index is 13.3. The summed E-state index contributed by atoms with van der Waals surface area (Å²) in [5.41, 5.74) is 3.27. The summed E-state index contributed by atoms with van der Waals surface area (Å²) in [6.45, 7) is 12.5. The SMILES string of the molecule is CCc1nc(C)nc(N2CCN(CC(O)C(C)C)CC2)c1Cc1ccc(F)cc1. The van der Waals surface area contributed by atoms with E-state index in [0.29, 0.717) is 6.42 Å². The topological polar surface area (TPSA) is 52.5 Å². The lowest BCUT2D eigenvalue weighted by molar-refractivity contribution is 0.0738. The Morgan fingerprint density at radius 3 is 2.31 bits per heavy atom. The number of nitrogens with zero attached hydrogens (tertiary/aromatic N) is 4. The average molecular weight is 401 g/mol. The molecule has 1 atom stereocenters. The number of β-amino-alcohol motifs (C(OH)–C–C–N with tert-alkyl or cyclic N) is 1. The molecule has 1 aliphatic heterocycles. The number of aliphatic hydroxyl groups is 1. The lowest BCUT2D eigenvalue weighted by atomic mass is 10.0. The summed E-state index contributed by atoms with van der Waals surface area (Å²) in [5, 5.41) is 10.2. The van der Waals surface area contributed by atoms with Gasteiger partial charge in [-0.15, -0.1) is 0 Å². The van der Waals surface area contributed by atoms with Crippen LogP contribution in [0.25, 0.3) is 0 Å². The highest BCUT2D eigenvalue weighted by atomic mass is 19.1. The Balaban J connectivity index is 1.80. The van der Waals surface area contributed by atoms with E-state index in [1.54, 1.807) is 0 Å². The summed E-state index contributed by atoms with van der Waals surface area (Å²) in [4.78, 5) is 14.2. The number of anilines is 1. The van der Waals surface area contributed by atoms with Gasteiger partial charge in [0.15, 0.2) is 0 Å². The minimum Gasteiger partial charge on any atom is -0.392 e. The third-order valence-corrected chi connectivity index (χ3v) is 5.70. The van der Waals surface area contributed by atoms with E-state index in [1.165, 1.54) is 12.1 Å². The summed E-state index contributed by atoms with van der Waals surface area (Å²) >= 11 is 0. The number of aromatic nitrogens is 2. The van der Waals surface area contributed by atoms with Crippen LogP contribution in [0.4, 0.5) is 10.2 Å². The van der Waals surface area contributed by atoms with E-state index in [9.17, 15) is 9.50 Å². The van der Waals surface area contributed by atoms with Gasteiger partial charge in [-0.2, -0.15) is 0 Å². The maximum Gasteiger partial charge on any atom is 0.136 e. The van der Waals surface area contributed by atoms with Crippen molar-refractivity contribution in [1.82, 2.24) is 14.9 Å². The van der Waals surface area contributed by atoms with Crippen LogP contribution in [0.3, 0.4) is 0 Å². The Morgan fingerprint density at radius 2 is 1.72 bits per heavy atom. The number of halogens is 1. The molecule has 29 heavy (non-hydrogen) atoms. The molecule has 1 unspecified atom stereocenters. The predicted octanol–water partition coefficient (Wildman–Crippen LogP) is 3.22. The number of aryl methyl sites for hydroxylation is 2. The average Bonchev–Trinajstić information content (AvgIpc) is 2.71. The monoisotopic (exact) mass is 400 g/mol. The zero-order chi connectivity index (χ0) is 21.0. The Hall–Kier alpha value is -2.05. The van der Waals surface area contributed by atoms with E-state index in [1.807, 2.05) is 19.1 Å². The molecule has 0 radical (unpaired) electrons. The van der Waals surface area contributed by atoms with Crippen LogP contribution < -0.4 is 4.90 Å². The van der Waals surface area contributed by atoms with Crippen LogP contribution in [0.2, 0.25) is 0 Å². The van der Waals surface area contributed by atoms with Crippen molar-refractivity contribution in [2.24, 2.45) is 5.92 Å². The third kappa shape index (κ3) is 5.52. The fourth-order valence-corrected chi connectivity index (χ4v) is 3.80. The fraction of sp³-hybridized carbons (Fsp3) is 0.565. The lowest BCUT2D eigenvalue weighted by Gasteiger charge is -2.37. The first-order valence-corrected chi connectivity index (χ1v) is 10.6. The van der Waals surface area contributed by atoms with Crippen molar-refractivity contribution >= 4 is 5.82 Å². The summed E-state index contributed by atoms with van der Waals surface area (Å²) in [6, 6.07) is 6.69. The second-order valence-electron chi connectivity index (χ2n) is 8.28. The molecule has 0 aliphatic carbocycles. The molecule has 1 N–H and O–H groups in total. The van der Waals surface area contributed by atoms with Gasteiger partial charge in [0.2, 0.25) is 0 Å². The normalized spacial score (nSPS) is 16.4. The predicted molar refractivity (Wildman–Crippen MR) is 115 cm³/mol. The van der Waals surface area contributed by atoms with Crippen LogP contribution in [0, 0.1) is 18.7 Å². The highest BCUT2D eigenvalue weighted by molar-refractivity contribution is 5.52. The standard InChI is InChI=1S/C23H33FN4O/c1-5-21-20(14-18-6-8-19(24)9-7-18)23(26-17(4)25-21)28-12-10-27(11-13-28)15-22(29)16(2)3/h6-9,16,22,29H,5,10-15H2,1-4H3. The molecule has 0 bridgehead atoms. The molecule has 1 aromatic heterocycles. The van der Waals surface area contributed by atoms with E-state index in [-0.39, 0.29) is 17.8 Å². The van der Waals surface area contributed by atoms with Crippen molar-refractivity contribution < 1.29 is 9.50 Å². The van der Waals surface area contributed by atoms with Crippen molar-refractivity contribution in [1.29, 1.82) is 0 Å². The minimum atomic E-state index is -0.288. The smallest absolute Gasteiger partial charge is 0.136 e. The second kappa shape index (κ2) is 9.63. The Kier molecular flexibility index (Phi) is 7.19. The van der Waals surface area contributed by atoms with Gasteiger partial charge in [0.25, 0.3) is 0 Å². The van der Waals surface area contributed by atoms with Crippen LogP contribution in [0.1, 0.15) is 43.4 Å². The summed E-state index contributed by atoms with van der Waals surface area (Å²) in [6.07, 6.45) is 1.25. The van der Waals surface area contributed by atoms with Crippen molar-refractivity contribution in [3.8, 4) is 0 Å². The maximum atomic E-state index is 13.3. The molecule has 158 valence electrons. The van der Waals surface area contributed by atoms with Gasteiger partial charge in [0.05, 0.1) is 6.10 Å². The molecule has 5 nitrogen and oxygen atoms in total. The van der Waals surface area contributed by atoms with Gasteiger partial charge in [-0.05, 0) is 37.0 Å². The van der Waals surface area contributed by atoms with Crippen molar-refractivity contribution in [3.05, 3.63) is 52.7 Å². The number of hydrogen-bond donors (Lipinski definition) is 1. The van der Waals surface area contributed by atoms with Crippen molar-refractivity contribution in [2.45, 2.75) is 46.6 Å². The first kappa shape index (κ1) is 21.7. The quantitative estimate of drug-likeness (QED) is 0.773. The second-order valence-corrected chi connectivity index (χ2v) is 8.28. The van der Waals surface area contributed by atoms with Gasteiger partial charge >= 0.3 is 0 Å². The molecule has 0 amide bonds. The van der Waals surface area contributed by atoms with Gasteiger partial charge in [0.1, 0.15) is 17.5 Å². The van der Waals surface area contributed by atoms with Crippen LogP contribution in [0.15, 0.2) is 24.3 Å². The minimum absolute atomic E-state index is 0.218. The fourth-order valence-electron chi connectivity index (χ4n) is 3.80. The van der Waals surface area contributed by atoms with Gasteiger partial charge in [-0.1, -0.05) is 32.9 Å². The number of benzene rings is 1. The molecule has 1 saturated heterocycles. The highest BCUT2D eigenvalue weighted by Gasteiger charge is 2.24. The van der Waals surface area contributed by atoms with E-state index in [4.69, 9.17) is 4.98 Å². The number of rotatable bonds is 7. The molecule has 0 spiro atoms. The first-order chi connectivity index (χ1) is 13.9.